The van der Waals surface area contributed by atoms with Crippen LogP contribution < -0.4 is 10.6 Å². The number of nitro groups is 1. The summed E-state index contributed by atoms with van der Waals surface area (Å²) in [6.07, 6.45) is 1.58. The molecule has 1 aromatic rings. The van der Waals surface area contributed by atoms with E-state index in [1.165, 1.54) is 19.2 Å². The van der Waals surface area contributed by atoms with E-state index in [1.807, 2.05) is 0 Å². The lowest BCUT2D eigenvalue weighted by Gasteiger charge is -2.38. The Morgan fingerprint density at radius 1 is 1.38 bits per heavy atom. The van der Waals surface area contributed by atoms with Crippen LogP contribution in [-0.4, -0.2) is 34.5 Å². The van der Waals surface area contributed by atoms with Gasteiger partial charge in [0.05, 0.1) is 4.92 Å². The lowest BCUT2D eigenvalue weighted by molar-refractivity contribution is -0.384. The summed E-state index contributed by atoms with van der Waals surface area (Å²) in [6.45, 7) is 0. The lowest BCUT2D eigenvalue weighted by Crippen LogP contribution is -2.52. The van der Waals surface area contributed by atoms with Gasteiger partial charge in [0.25, 0.3) is 11.6 Å². The van der Waals surface area contributed by atoms with E-state index in [2.05, 4.69) is 10.6 Å². The summed E-state index contributed by atoms with van der Waals surface area (Å²) in [5, 5.41) is 25.5. The zero-order valence-corrected chi connectivity index (χ0v) is 11.4. The van der Waals surface area contributed by atoms with Crippen molar-refractivity contribution in [3.05, 3.63) is 33.9 Å². The van der Waals surface area contributed by atoms with E-state index in [-0.39, 0.29) is 16.9 Å². The third-order valence-corrected chi connectivity index (χ3v) is 3.67. The molecule has 0 aromatic heterocycles. The minimum atomic E-state index is -1.15. The van der Waals surface area contributed by atoms with Gasteiger partial charge in [-0.15, -0.1) is 0 Å². The van der Waals surface area contributed by atoms with Crippen LogP contribution >= 0.6 is 0 Å². The number of nitrogens with one attached hydrogen (secondary N) is 2. The second kappa shape index (κ2) is 5.39. The predicted octanol–water partition coefficient (Wildman–Crippen LogP) is 1.37. The number of rotatable bonds is 5. The van der Waals surface area contributed by atoms with E-state index in [4.69, 9.17) is 0 Å². The number of amides is 1. The fraction of sp³-hybridized carbons (Fsp3) is 0.385. The van der Waals surface area contributed by atoms with Gasteiger partial charge in [-0.25, -0.2) is 4.79 Å². The maximum atomic E-state index is 11.5. The zero-order chi connectivity index (χ0) is 15.6. The third-order valence-electron chi connectivity index (χ3n) is 3.67. The average Bonchev–Trinajstić information content (AvgIpc) is 2.41. The number of carbonyl (C=O) groups is 2. The molecule has 1 aliphatic rings. The molecule has 8 nitrogen and oxygen atoms in total. The van der Waals surface area contributed by atoms with Crippen LogP contribution in [0.15, 0.2) is 18.2 Å². The molecule has 0 radical (unpaired) electrons. The first-order valence-corrected chi connectivity index (χ1v) is 6.42. The molecule has 1 amide bonds. The molecule has 21 heavy (non-hydrogen) atoms. The molecule has 0 heterocycles. The summed E-state index contributed by atoms with van der Waals surface area (Å²) < 4.78 is 0. The normalized spacial score (nSPS) is 15.7. The molecule has 0 spiro atoms. The van der Waals surface area contributed by atoms with Crippen LogP contribution in [0.3, 0.4) is 0 Å². The number of aliphatic carboxylic acids is 1. The quantitative estimate of drug-likeness (QED) is 0.557. The van der Waals surface area contributed by atoms with Gasteiger partial charge in [-0.1, -0.05) is 0 Å². The number of benzene rings is 1. The van der Waals surface area contributed by atoms with E-state index in [1.54, 1.807) is 0 Å². The second-order valence-electron chi connectivity index (χ2n) is 4.93. The molecule has 1 aliphatic carbocycles. The van der Waals surface area contributed by atoms with Crippen molar-refractivity contribution in [3.63, 3.8) is 0 Å². The molecule has 0 atom stereocenters. The number of hydrogen-bond acceptors (Lipinski definition) is 5. The molecular formula is C13H15N3O5. The third kappa shape index (κ3) is 2.64. The summed E-state index contributed by atoms with van der Waals surface area (Å²) in [4.78, 5) is 33.3. The van der Waals surface area contributed by atoms with Crippen LogP contribution in [-0.2, 0) is 4.79 Å². The summed E-state index contributed by atoms with van der Waals surface area (Å²) >= 11 is 0. The van der Waals surface area contributed by atoms with Crippen molar-refractivity contribution in [2.75, 3.05) is 12.4 Å². The average molecular weight is 293 g/mol. The van der Waals surface area contributed by atoms with Crippen LogP contribution in [0.1, 0.15) is 29.6 Å². The standard InChI is InChI=1S/C13H15N3O5/c1-14-11(17)8-3-4-9(10(7-8)16(20)21)15-13(12(18)19)5-2-6-13/h3-4,7,15H,2,5-6H2,1H3,(H,14,17)(H,18,19). The Kier molecular flexibility index (Phi) is 3.79. The van der Waals surface area contributed by atoms with E-state index >= 15 is 0 Å². The second-order valence-corrected chi connectivity index (χ2v) is 4.93. The van der Waals surface area contributed by atoms with Gasteiger partial charge in [0.15, 0.2) is 0 Å². The van der Waals surface area contributed by atoms with Gasteiger partial charge in [-0.3, -0.25) is 14.9 Å². The van der Waals surface area contributed by atoms with Crippen molar-refractivity contribution in [1.29, 1.82) is 0 Å². The van der Waals surface area contributed by atoms with Crippen LogP contribution in [0.5, 0.6) is 0 Å². The molecule has 0 bridgehead atoms. The van der Waals surface area contributed by atoms with E-state index in [0.29, 0.717) is 12.8 Å². The number of nitrogens with zero attached hydrogens (tertiary/aromatic N) is 1. The summed E-state index contributed by atoms with van der Waals surface area (Å²) in [5.41, 5.74) is -1.22. The Labute approximate surface area is 120 Å². The van der Waals surface area contributed by atoms with Gasteiger partial charge in [0.2, 0.25) is 0 Å². The highest BCUT2D eigenvalue weighted by atomic mass is 16.6. The number of hydrogen-bond donors (Lipinski definition) is 3. The van der Waals surface area contributed by atoms with Crippen LogP contribution in [0, 0.1) is 10.1 Å². The Balaban J connectivity index is 2.37. The van der Waals surface area contributed by atoms with Crippen molar-refractivity contribution < 1.29 is 19.6 Å². The monoisotopic (exact) mass is 293 g/mol. The molecule has 1 fully saturated rings. The zero-order valence-electron chi connectivity index (χ0n) is 11.4. The predicted molar refractivity (Wildman–Crippen MR) is 74.3 cm³/mol. The fourth-order valence-electron chi connectivity index (χ4n) is 2.25. The number of nitro benzene ring substituents is 1. The van der Waals surface area contributed by atoms with E-state index in [0.717, 1.165) is 12.5 Å². The number of carboxylic acid groups (broad SMARTS) is 1. The van der Waals surface area contributed by atoms with Gasteiger partial charge < -0.3 is 15.7 Å². The van der Waals surface area contributed by atoms with Gasteiger partial charge in [-0.05, 0) is 31.4 Å². The molecule has 0 saturated heterocycles. The highest BCUT2D eigenvalue weighted by Gasteiger charge is 2.45. The maximum absolute atomic E-state index is 11.5. The van der Waals surface area contributed by atoms with Crippen molar-refractivity contribution in [2.45, 2.75) is 24.8 Å². The van der Waals surface area contributed by atoms with Crippen molar-refractivity contribution in [1.82, 2.24) is 5.32 Å². The molecule has 0 unspecified atom stereocenters. The minimum absolute atomic E-state index is 0.106. The number of carbonyl (C=O) groups excluding carboxylic acids is 1. The SMILES string of the molecule is CNC(=O)c1ccc(NC2(C(=O)O)CCC2)c([N+](=O)[O-])c1. The van der Waals surface area contributed by atoms with Gasteiger partial charge in [0.1, 0.15) is 11.2 Å². The van der Waals surface area contributed by atoms with E-state index < -0.39 is 22.3 Å². The largest absolute Gasteiger partial charge is 0.480 e. The molecule has 112 valence electrons. The molecule has 8 heteroatoms. The molecule has 3 N–H and O–H groups in total. The van der Waals surface area contributed by atoms with E-state index in [9.17, 15) is 24.8 Å². The summed E-state index contributed by atoms with van der Waals surface area (Å²) in [5.74, 6) is -1.47. The van der Waals surface area contributed by atoms with Crippen molar-refractivity contribution in [2.24, 2.45) is 0 Å². The summed E-state index contributed by atoms with van der Waals surface area (Å²) in [6, 6.07) is 3.92. The number of carboxylic acids is 1. The molecule has 1 saturated carbocycles. The highest BCUT2D eigenvalue weighted by Crippen LogP contribution is 2.38. The van der Waals surface area contributed by atoms with Crippen LogP contribution in [0.4, 0.5) is 11.4 Å². The lowest BCUT2D eigenvalue weighted by atomic mass is 9.76. The fourth-order valence-corrected chi connectivity index (χ4v) is 2.25. The molecule has 1 aromatic carbocycles. The first-order valence-electron chi connectivity index (χ1n) is 6.42. The van der Waals surface area contributed by atoms with Crippen molar-refractivity contribution >= 4 is 23.3 Å². The first-order chi connectivity index (χ1) is 9.89. The van der Waals surface area contributed by atoms with Gasteiger partial charge in [0, 0.05) is 18.7 Å². The molecular weight excluding hydrogens is 278 g/mol. The Morgan fingerprint density at radius 2 is 2.05 bits per heavy atom. The van der Waals surface area contributed by atoms with Gasteiger partial charge in [-0.2, -0.15) is 0 Å². The molecule has 2 rings (SSSR count). The summed E-state index contributed by atoms with van der Waals surface area (Å²) in [7, 11) is 1.42. The smallest absolute Gasteiger partial charge is 0.329 e. The highest BCUT2D eigenvalue weighted by molar-refractivity contribution is 5.96. The Bertz CT molecular complexity index is 610. The van der Waals surface area contributed by atoms with Crippen LogP contribution in [0.2, 0.25) is 0 Å². The maximum Gasteiger partial charge on any atom is 0.329 e. The number of anilines is 1. The minimum Gasteiger partial charge on any atom is -0.480 e. The van der Waals surface area contributed by atoms with Crippen LogP contribution in [0.25, 0.3) is 0 Å². The topological polar surface area (TPSA) is 122 Å². The Hall–Kier alpha value is -2.64. The van der Waals surface area contributed by atoms with Crippen molar-refractivity contribution in [3.8, 4) is 0 Å². The molecule has 0 aliphatic heterocycles. The van der Waals surface area contributed by atoms with Gasteiger partial charge >= 0.3 is 5.97 Å². The Morgan fingerprint density at radius 3 is 2.48 bits per heavy atom. The first kappa shape index (κ1) is 14.8.